The molecular formula is C20H21N5O2S. The summed E-state index contributed by atoms with van der Waals surface area (Å²) in [5.41, 5.74) is 2.36. The summed E-state index contributed by atoms with van der Waals surface area (Å²) >= 11 is 1.39. The summed E-state index contributed by atoms with van der Waals surface area (Å²) in [6, 6.07) is 10.8. The lowest BCUT2D eigenvalue weighted by molar-refractivity contribution is -0.119. The minimum absolute atomic E-state index is 0.0411. The number of thiophene rings is 1. The number of aryl methyl sites for hydroxylation is 1. The number of carbonyl (C=O) groups excluding carboxylic acids is 2. The van der Waals surface area contributed by atoms with Crippen LogP contribution in [0.25, 0.3) is 0 Å². The van der Waals surface area contributed by atoms with Crippen molar-refractivity contribution < 1.29 is 9.59 Å². The number of amides is 2. The number of hydrogen-bond acceptors (Lipinski definition) is 5. The molecule has 0 radical (unpaired) electrons. The maximum atomic E-state index is 12.9. The van der Waals surface area contributed by atoms with Crippen LogP contribution in [0, 0.1) is 5.92 Å². The molecule has 3 N–H and O–H groups in total. The molecular weight excluding hydrogens is 374 g/mol. The molecule has 0 saturated carbocycles. The second-order valence-electron chi connectivity index (χ2n) is 6.82. The van der Waals surface area contributed by atoms with Gasteiger partial charge in [0.15, 0.2) is 0 Å². The number of carbonyl (C=O) groups is 2. The average molecular weight is 395 g/mol. The van der Waals surface area contributed by atoms with Gasteiger partial charge >= 0.3 is 0 Å². The maximum absolute atomic E-state index is 12.9. The Morgan fingerprint density at radius 3 is 2.71 bits per heavy atom. The number of anilines is 2. The molecule has 8 heteroatoms. The largest absolute Gasteiger partial charge is 0.326 e. The molecule has 1 aliphatic heterocycles. The molecule has 1 aromatic carbocycles. The van der Waals surface area contributed by atoms with Crippen molar-refractivity contribution in [3.05, 3.63) is 64.6 Å². The van der Waals surface area contributed by atoms with Gasteiger partial charge in [-0.3, -0.25) is 14.3 Å². The fraction of sp³-hybridized carbons (Fsp3) is 0.250. The van der Waals surface area contributed by atoms with Gasteiger partial charge in [0.05, 0.1) is 17.0 Å². The highest BCUT2D eigenvalue weighted by Crippen LogP contribution is 2.29. The Balaban J connectivity index is 1.43. The van der Waals surface area contributed by atoms with E-state index in [1.54, 1.807) is 22.9 Å². The topological polar surface area (TPSA) is 88.0 Å². The standard InChI is InChI=1S/C20H21N5O2S/c1-25-12-13(9-22-25)16-10-21-11-17(16)19(26)23-14-4-2-5-15(8-14)24-20(27)18-6-3-7-28-18/h2-9,12,16-17,21H,10-11H2,1H3,(H,23,26)(H,24,27)/t16-,17+/m1/s1. The molecule has 3 aromatic rings. The number of nitrogens with one attached hydrogen (secondary N) is 3. The van der Waals surface area contributed by atoms with E-state index < -0.39 is 0 Å². The second-order valence-corrected chi connectivity index (χ2v) is 7.77. The highest BCUT2D eigenvalue weighted by molar-refractivity contribution is 7.12. The smallest absolute Gasteiger partial charge is 0.265 e. The Morgan fingerprint density at radius 1 is 1.18 bits per heavy atom. The number of hydrogen-bond donors (Lipinski definition) is 3. The lowest BCUT2D eigenvalue weighted by atomic mass is 9.90. The molecule has 0 unspecified atom stereocenters. The summed E-state index contributed by atoms with van der Waals surface area (Å²) in [6.45, 7) is 1.38. The lowest BCUT2D eigenvalue weighted by Gasteiger charge is -2.17. The normalized spacial score (nSPS) is 18.8. The summed E-state index contributed by atoms with van der Waals surface area (Å²) in [7, 11) is 1.87. The van der Waals surface area contributed by atoms with Crippen molar-refractivity contribution >= 4 is 34.5 Å². The molecule has 3 heterocycles. The molecule has 7 nitrogen and oxygen atoms in total. The van der Waals surface area contributed by atoms with Crippen LogP contribution in [0.5, 0.6) is 0 Å². The van der Waals surface area contributed by atoms with E-state index >= 15 is 0 Å². The van der Waals surface area contributed by atoms with Gasteiger partial charge in [0.1, 0.15) is 0 Å². The average Bonchev–Trinajstić information content (AvgIpc) is 3.43. The first-order valence-electron chi connectivity index (χ1n) is 9.05. The number of rotatable bonds is 5. The van der Waals surface area contributed by atoms with Crippen molar-refractivity contribution in [1.29, 1.82) is 0 Å². The third-order valence-electron chi connectivity index (χ3n) is 4.84. The molecule has 2 aromatic heterocycles. The number of benzene rings is 1. The first-order chi connectivity index (χ1) is 13.6. The molecule has 1 fully saturated rings. The first-order valence-corrected chi connectivity index (χ1v) is 9.93. The summed E-state index contributed by atoms with van der Waals surface area (Å²) < 4.78 is 1.75. The van der Waals surface area contributed by atoms with E-state index in [9.17, 15) is 9.59 Å². The molecule has 144 valence electrons. The predicted molar refractivity (Wildman–Crippen MR) is 110 cm³/mol. The van der Waals surface area contributed by atoms with Gasteiger partial charge in [-0.1, -0.05) is 12.1 Å². The van der Waals surface area contributed by atoms with E-state index in [1.807, 2.05) is 43.0 Å². The van der Waals surface area contributed by atoms with Gasteiger partial charge < -0.3 is 16.0 Å². The van der Waals surface area contributed by atoms with Crippen LogP contribution in [-0.4, -0.2) is 34.7 Å². The fourth-order valence-corrected chi connectivity index (χ4v) is 4.07. The molecule has 2 atom stereocenters. The van der Waals surface area contributed by atoms with Gasteiger partial charge in [0, 0.05) is 43.6 Å². The van der Waals surface area contributed by atoms with E-state index in [-0.39, 0.29) is 23.7 Å². The highest BCUT2D eigenvalue weighted by Gasteiger charge is 2.34. The van der Waals surface area contributed by atoms with Crippen LogP contribution in [0.1, 0.15) is 21.2 Å². The molecule has 28 heavy (non-hydrogen) atoms. The molecule has 0 aliphatic carbocycles. The van der Waals surface area contributed by atoms with Gasteiger partial charge in [0.2, 0.25) is 5.91 Å². The molecule has 4 rings (SSSR count). The van der Waals surface area contributed by atoms with Crippen LogP contribution >= 0.6 is 11.3 Å². The summed E-state index contributed by atoms with van der Waals surface area (Å²) in [4.78, 5) is 25.7. The van der Waals surface area contributed by atoms with E-state index in [1.165, 1.54) is 11.3 Å². The fourth-order valence-electron chi connectivity index (χ4n) is 3.45. The second kappa shape index (κ2) is 7.95. The van der Waals surface area contributed by atoms with Crippen molar-refractivity contribution in [3.63, 3.8) is 0 Å². The van der Waals surface area contributed by atoms with E-state index in [0.29, 0.717) is 22.8 Å². The zero-order valence-electron chi connectivity index (χ0n) is 15.4. The minimum Gasteiger partial charge on any atom is -0.326 e. The van der Waals surface area contributed by atoms with Gasteiger partial charge in [-0.2, -0.15) is 5.10 Å². The van der Waals surface area contributed by atoms with Crippen LogP contribution in [0.2, 0.25) is 0 Å². The van der Waals surface area contributed by atoms with E-state index in [4.69, 9.17) is 0 Å². The monoisotopic (exact) mass is 395 g/mol. The van der Waals surface area contributed by atoms with Crippen LogP contribution in [0.3, 0.4) is 0 Å². The van der Waals surface area contributed by atoms with E-state index in [2.05, 4.69) is 21.0 Å². The number of nitrogens with zero attached hydrogens (tertiary/aromatic N) is 2. The van der Waals surface area contributed by atoms with Crippen LogP contribution < -0.4 is 16.0 Å². The Labute approximate surface area is 166 Å². The molecule has 1 saturated heterocycles. The highest BCUT2D eigenvalue weighted by atomic mass is 32.1. The van der Waals surface area contributed by atoms with Crippen molar-refractivity contribution in [2.45, 2.75) is 5.92 Å². The maximum Gasteiger partial charge on any atom is 0.265 e. The Kier molecular flexibility index (Phi) is 5.23. The molecule has 1 aliphatic rings. The van der Waals surface area contributed by atoms with Gasteiger partial charge in [0.25, 0.3) is 5.91 Å². The first kappa shape index (κ1) is 18.4. The van der Waals surface area contributed by atoms with Crippen LogP contribution in [0.4, 0.5) is 11.4 Å². The summed E-state index contributed by atoms with van der Waals surface area (Å²) in [5.74, 6) is -0.278. The van der Waals surface area contributed by atoms with E-state index in [0.717, 1.165) is 12.1 Å². The summed E-state index contributed by atoms with van der Waals surface area (Å²) in [5, 5.41) is 15.2. The molecule has 2 amide bonds. The van der Waals surface area contributed by atoms with Gasteiger partial charge in [-0.25, -0.2) is 0 Å². The van der Waals surface area contributed by atoms with Crippen LogP contribution in [-0.2, 0) is 11.8 Å². The zero-order valence-corrected chi connectivity index (χ0v) is 16.2. The van der Waals surface area contributed by atoms with Gasteiger partial charge in [-0.05, 0) is 35.2 Å². The van der Waals surface area contributed by atoms with Crippen molar-refractivity contribution in [2.24, 2.45) is 13.0 Å². The van der Waals surface area contributed by atoms with Crippen molar-refractivity contribution in [3.8, 4) is 0 Å². The third-order valence-corrected chi connectivity index (χ3v) is 5.71. The number of aromatic nitrogens is 2. The SMILES string of the molecule is Cn1cc([C@H]2CNC[C@@H]2C(=O)Nc2cccc(NC(=O)c3cccs3)c2)cn1. The van der Waals surface area contributed by atoms with Crippen molar-refractivity contribution in [1.82, 2.24) is 15.1 Å². The Morgan fingerprint density at radius 2 is 2.00 bits per heavy atom. The summed E-state index contributed by atoms with van der Waals surface area (Å²) in [6.07, 6.45) is 3.78. The predicted octanol–water partition coefficient (Wildman–Crippen LogP) is 2.68. The Bertz CT molecular complexity index is 982. The van der Waals surface area contributed by atoms with Crippen LogP contribution in [0.15, 0.2) is 54.2 Å². The zero-order chi connectivity index (χ0) is 19.5. The third kappa shape index (κ3) is 3.97. The van der Waals surface area contributed by atoms with Gasteiger partial charge in [-0.15, -0.1) is 11.3 Å². The quantitative estimate of drug-likeness (QED) is 0.620. The van der Waals surface area contributed by atoms with Crippen molar-refractivity contribution in [2.75, 3.05) is 23.7 Å². The Hall–Kier alpha value is -2.97. The molecule has 0 spiro atoms. The minimum atomic E-state index is -0.173. The molecule has 0 bridgehead atoms. The lowest BCUT2D eigenvalue weighted by Crippen LogP contribution is -2.28.